The highest BCUT2D eigenvalue weighted by molar-refractivity contribution is 6.07. The average molecular weight is 648 g/mol. The van der Waals surface area contributed by atoms with E-state index in [0.29, 0.717) is 29.4 Å². The summed E-state index contributed by atoms with van der Waals surface area (Å²) in [6.45, 7) is 4.52. The third-order valence-electron chi connectivity index (χ3n) is 7.16. The van der Waals surface area contributed by atoms with E-state index in [-0.39, 0.29) is 49.1 Å². The molecule has 6 N–H and O–H groups in total. The molecule has 0 saturated heterocycles. The number of hydrogen-bond acceptors (Lipinski definition) is 10. The highest BCUT2D eigenvalue weighted by atomic mass is 16.6. The summed E-state index contributed by atoms with van der Waals surface area (Å²) >= 11 is 0. The van der Waals surface area contributed by atoms with E-state index in [0.717, 1.165) is 25.7 Å². The van der Waals surface area contributed by atoms with Gasteiger partial charge in [0, 0.05) is 36.6 Å². The number of nitrogens with zero attached hydrogens (tertiary/aromatic N) is 4. The maximum atomic E-state index is 13.5. The number of aromatic nitrogens is 1. The molecule has 0 aliphatic rings. The Kier molecular flexibility index (Phi) is 14.6. The van der Waals surface area contributed by atoms with Crippen LogP contribution in [0.2, 0.25) is 0 Å². The van der Waals surface area contributed by atoms with E-state index in [2.05, 4.69) is 22.2 Å². The number of likely N-dealkylation sites (N-methyl/N-ethyl adjacent to an activating group) is 1. The van der Waals surface area contributed by atoms with Crippen molar-refractivity contribution in [1.82, 2.24) is 4.98 Å². The van der Waals surface area contributed by atoms with Crippen molar-refractivity contribution in [3.05, 3.63) is 78.0 Å². The summed E-state index contributed by atoms with van der Waals surface area (Å²) in [6.07, 6.45) is 4.33. The van der Waals surface area contributed by atoms with Gasteiger partial charge in [0.05, 0.1) is 37.6 Å². The predicted molar refractivity (Wildman–Crippen MR) is 183 cm³/mol. The van der Waals surface area contributed by atoms with Crippen LogP contribution < -0.4 is 26.6 Å². The van der Waals surface area contributed by atoms with E-state index in [4.69, 9.17) is 20.9 Å². The Morgan fingerprint density at radius 1 is 1.02 bits per heavy atom. The zero-order chi connectivity index (χ0) is 34.2. The van der Waals surface area contributed by atoms with Crippen molar-refractivity contribution in [2.45, 2.75) is 52.4 Å². The number of rotatable bonds is 18. The predicted octanol–water partition coefficient (Wildman–Crippen LogP) is 3.92. The van der Waals surface area contributed by atoms with Crippen LogP contribution in [0.3, 0.4) is 0 Å². The summed E-state index contributed by atoms with van der Waals surface area (Å²) in [5, 5.41) is 13.1. The minimum atomic E-state index is -1.33. The van der Waals surface area contributed by atoms with Gasteiger partial charge in [0.15, 0.2) is 0 Å². The Hall–Kier alpha value is -5.01. The Balaban J connectivity index is 1.59. The number of benzene rings is 2. The summed E-state index contributed by atoms with van der Waals surface area (Å²) < 4.78 is 10.3. The number of ether oxygens (including phenoxy) is 2. The molecule has 13 nitrogen and oxygen atoms in total. The van der Waals surface area contributed by atoms with E-state index in [9.17, 15) is 19.5 Å². The molecular formula is C34H45N7O6. The molecule has 0 saturated carbocycles. The largest absolute Gasteiger partial charge is 0.466 e. The first-order valence-electron chi connectivity index (χ1n) is 15.7. The fourth-order valence-corrected chi connectivity index (χ4v) is 4.56. The van der Waals surface area contributed by atoms with Crippen molar-refractivity contribution in [2.24, 2.45) is 10.7 Å². The number of aliphatic imine (C=N–C) groups is 1. The minimum Gasteiger partial charge on any atom is -0.466 e. The molecule has 0 bridgehead atoms. The monoisotopic (exact) mass is 647 g/mol. The van der Waals surface area contributed by atoms with Gasteiger partial charge in [0.1, 0.15) is 11.7 Å². The number of amides is 2. The van der Waals surface area contributed by atoms with Gasteiger partial charge in [0.25, 0.3) is 12.3 Å². The van der Waals surface area contributed by atoms with Gasteiger partial charge in [-0.25, -0.2) is 9.98 Å². The van der Waals surface area contributed by atoms with E-state index >= 15 is 0 Å². The number of hydrogen-bond donors (Lipinski definition) is 4. The number of carbonyl (C=O) groups excluding carboxylic acids is 3. The highest BCUT2D eigenvalue weighted by Crippen LogP contribution is 2.25. The van der Waals surface area contributed by atoms with Crippen molar-refractivity contribution in [3.8, 4) is 0 Å². The number of esters is 1. The van der Waals surface area contributed by atoms with Crippen LogP contribution in [0.4, 0.5) is 22.9 Å². The van der Waals surface area contributed by atoms with E-state index in [1.54, 1.807) is 74.8 Å². The number of nitrogens with one attached hydrogen (secondary N) is 1. The van der Waals surface area contributed by atoms with Crippen molar-refractivity contribution >= 4 is 46.5 Å². The smallest absolute Gasteiger partial charge is 0.307 e. The van der Waals surface area contributed by atoms with Crippen LogP contribution in [0, 0.1) is 0 Å². The first-order chi connectivity index (χ1) is 22.6. The van der Waals surface area contributed by atoms with Crippen molar-refractivity contribution < 1.29 is 29.0 Å². The normalized spacial score (nSPS) is 11.9. The van der Waals surface area contributed by atoms with Crippen LogP contribution in [0.15, 0.2) is 71.9 Å². The quantitative estimate of drug-likeness (QED) is 0.0394. The van der Waals surface area contributed by atoms with Crippen molar-refractivity contribution in [1.29, 1.82) is 0 Å². The molecule has 2 amide bonds. The van der Waals surface area contributed by atoms with Crippen LogP contribution in [-0.4, -0.2) is 73.5 Å². The third kappa shape index (κ3) is 11.4. The summed E-state index contributed by atoms with van der Waals surface area (Å²) in [5.41, 5.74) is 14.5. The topological polar surface area (TPSA) is 186 Å². The molecule has 1 heterocycles. The van der Waals surface area contributed by atoms with E-state index < -0.39 is 18.3 Å². The van der Waals surface area contributed by atoms with Crippen LogP contribution in [0.25, 0.3) is 0 Å². The van der Waals surface area contributed by atoms with E-state index in [1.165, 1.54) is 15.9 Å². The second-order valence-corrected chi connectivity index (χ2v) is 10.6. The van der Waals surface area contributed by atoms with Crippen molar-refractivity contribution in [3.63, 3.8) is 0 Å². The fraction of sp³-hybridized carbons (Fsp3) is 0.382. The Morgan fingerprint density at radius 3 is 2.43 bits per heavy atom. The van der Waals surface area contributed by atoms with Gasteiger partial charge in [-0.1, -0.05) is 32.3 Å². The van der Waals surface area contributed by atoms with Gasteiger partial charge in [-0.05, 0) is 67.9 Å². The molecule has 3 rings (SSSR count). The standard InChI is InChI=1S/C34H45N7O6/c1-4-6-7-10-21-47-34(45)39-32(36)24-12-15-26(16-13-24)38-23-30(42)40(3)28-17-14-25(22-27(28)35)33(44)41(20-18-31(43)46-5-2)29-11-8-9-19-37-29/h8-9,11-17,19,22,34,38,45H,4-7,10,18,20-21,23,35H2,1-3H3,(H2,36,39). The molecular weight excluding hydrogens is 602 g/mol. The van der Waals surface area contributed by atoms with Gasteiger partial charge in [-0.2, -0.15) is 0 Å². The lowest BCUT2D eigenvalue weighted by Crippen LogP contribution is -2.34. The number of aliphatic hydroxyl groups is 1. The lowest BCUT2D eigenvalue weighted by Gasteiger charge is -2.23. The molecule has 0 fully saturated rings. The fourth-order valence-electron chi connectivity index (χ4n) is 4.56. The molecule has 0 aliphatic carbocycles. The maximum Gasteiger partial charge on any atom is 0.307 e. The third-order valence-corrected chi connectivity index (χ3v) is 7.16. The number of anilines is 4. The summed E-state index contributed by atoms with van der Waals surface area (Å²) in [7, 11) is 1.59. The lowest BCUT2D eigenvalue weighted by molar-refractivity contribution is -0.142. The molecule has 1 atom stereocenters. The number of pyridine rings is 1. The number of nitrogens with two attached hydrogens (primary N) is 2. The molecule has 0 radical (unpaired) electrons. The molecule has 13 heteroatoms. The number of carbonyl (C=O) groups is 3. The summed E-state index contributed by atoms with van der Waals surface area (Å²) in [5.74, 6) is -0.587. The lowest BCUT2D eigenvalue weighted by atomic mass is 10.1. The number of aliphatic hydroxyl groups excluding tert-OH is 1. The molecule has 3 aromatic rings. The van der Waals surface area contributed by atoms with Gasteiger partial charge in [0.2, 0.25) is 5.91 Å². The van der Waals surface area contributed by atoms with Gasteiger partial charge >= 0.3 is 5.97 Å². The van der Waals surface area contributed by atoms with E-state index in [1.807, 2.05) is 0 Å². The Labute approximate surface area is 275 Å². The number of nitrogen functional groups attached to an aromatic ring is 1. The highest BCUT2D eigenvalue weighted by Gasteiger charge is 2.22. The van der Waals surface area contributed by atoms with Crippen LogP contribution in [-0.2, 0) is 19.1 Å². The molecule has 252 valence electrons. The zero-order valence-corrected chi connectivity index (χ0v) is 27.2. The Bertz CT molecular complexity index is 1480. The first kappa shape index (κ1) is 36.5. The zero-order valence-electron chi connectivity index (χ0n) is 27.2. The molecule has 47 heavy (non-hydrogen) atoms. The Morgan fingerprint density at radius 2 is 1.77 bits per heavy atom. The molecule has 0 aliphatic heterocycles. The minimum absolute atomic E-state index is 0.00496. The maximum absolute atomic E-state index is 13.5. The van der Waals surface area contributed by atoms with Crippen LogP contribution >= 0.6 is 0 Å². The second kappa shape index (κ2) is 18.8. The summed E-state index contributed by atoms with van der Waals surface area (Å²) in [4.78, 5) is 49.5. The van der Waals surface area contributed by atoms with Crippen LogP contribution in [0.1, 0.15) is 61.9 Å². The van der Waals surface area contributed by atoms with Crippen LogP contribution in [0.5, 0.6) is 0 Å². The number of amidine groups is 1. The SMILES string of the molecule is CCCCCCOC(O)N=C(N)c1ccc(NCC(=O)N(C)c2ccc(C(=O)N(CCC(=O)OCC)c3ccccn3)cc2N)cc1. The second-order valence-electron chi connectivity index (χ2n) is 10.6. The average Bonchev–Trinajstić information content (AvgIpc) is 3.07. The first-order valence-corrected chi connectivity index (χ1v) is 15.7. The van der Waals surface area contributed by atoms with Gasteiger partial charge in [-0.15, -0.1) is 0 Å². The van der Waals surface area contributed by atoms with Gasteiger partial charge in [-0.3, -0.25) is 19.3 Å². The molecule has 1 aromatic heterocycles. The molecule has 2 aromatic carbocycles. The summed E-state index contributed by atoms with van der Waals surface area (Å²) in [6, 6.07) is 16.7. The molecule has 1 unspecified atom stereocenters. The van der Waals surface area contributed by atoms with Crippen molar-refractivity contribution in [2.75, 3.05) is 54.2 Å². The number of unbranched alkanes of at least 4 members (excludes halogenated alkanes) is 3. The van der Waals surface area contributed by atoms with Gasteiger partial charge < -0.3 is 36.3 Å². The molecule has 0 spiro atoms.